The highest BCUT2D eigenvalue weighted by molar-refractivity contribution is 7.92. The predicted molar refractivity (Wildman–Crippen MR) is 152 cm³/mol. The second kappa shape index (κ2) is 13.2. The van der Waals surface area contributed by atoms with Gasteiger partial charge in [-0.25, -0.2) is 8.42 Å². The van der Waals surface area contributed by atoms with Crippen LogP contribution in [0.15, 0.2) is 84.9 Å². The van der Waals surface area contributed by atoms with E-state index in [-0.39, 0.29) is 18.4 Å². The van der Waals surface area contributed by atoms with Crippen LogP contribution in [-0.2, 0) is 32.6 Å². The number of hydrogen-bond donors (Lipinski definition) is 1. The second-order valence-corrected chi connectivity index (χ2v) is 11.9. The number of para-hydroxylation sites is 1. The molecule has 0 aliphatic rings. The molecule has 1 unspecified atom stereocenters. The van der Waals surface area contributed by atoms with Crippen LogP contribution in [0.25, 0.3) is 0 Å². The molecular weight excluding hydrogens is 498 g/mol. The Kier molecular flexibility index (Phi) is 10.1. The van der Waals surface area contributed by atoms with E-state index in [0.717, 1.165) is 27.3 Å². The Morgan fingerprint density at radius 1 is 0.842 bits per heavy atom. The van der Waals surface area contributed by atoms with Crippen LogP contribution in [0.4, 0.5) is 5.69 Å². The average Bonchev–Trinajstić information content (AvgIpc) is 2.89. The number of carbonyl (C=O) groups is 2. The fourth-order valence-corrected chi connectivity index (χ4v) is 4.92. The molecule has 0 aliphatic carbocycles. The molecule has 38 heavy (non-hydrogen) atoms. The molecule has 0 aliphatic heterocycles. The quantitative estimate of drug-likeness (QED) is 0.377. The van der Waals surface area contributed by atoms with Crippen LogP contribution in [0.1, 0.15) is 30.5 Å². The van der Waals surface area contributed by atoms with Crippen molar-refractivity contribution in [2.24, 2.45) is 5.92 Å². The Balaban J connectivity index is 2.02. The lowest BCUT2D eigenvalue weighted by Crippen LogP contribution is -2.53. The van der Waals surface area contributed by atoms with Gasteiger partial charge in [0.1, 0.15) is 12.6 Å². The van der Waals surface area contributed by atoms with Crippen LogP contribution < -0.4 is 9.62 Å². The molecule has 0 bridgehead atoms. The number of rotatable bonds is 12. The normalized spacial score (nSPS) is 12.1. The zero-order valence-electron chi connectivity index (χ0n) is 22.5. The molecule has 7 nitrogen and oxygen atoms in total. The molecule has 1 atom stereocenters. The van der Waals surface area contributed by atoms with Gasteiger partial charge in [-0.05, 0) is 36.1 Å². The maximum absolute atomic E-state index is 14.0. The zero-order chi connectivity index (χ0) is 27.7. The number of aryl methyl sites for hydroxylation is 1. The topological polar surface area (TPSA) is 86.8 Å². The second-order valence-electron chi connectivity index (χ2n) is 9.96. The van der Waals surface area contributed by atoms with Gasteiger partial charge in [-0.3, -0.25) is 13.9 Å². The van der Waals surface area contributed by atoms with Crippen LogP contribution in [0, 0.1) is 12.8 Å². The summed E-state index contributed by atoms with van der Waals surface area (Å²) in [5, 5.41) is 2.98. The summed E-state index contributed by atoms with van der Waals surface area (Å²) in [5.41, 5.74) is 3.23. The van der Waals surface area contributed by atoms with Crippen molar-refractivity contribution in [3.05, 3.63) is 102 Å². The van der Waals surface area contributed by atoms with Crippen molar-refractivity contribution in [3.8, 4) is 0 Å². The molecule has 0 spiro atoms. The highest BCUT2D eigenvalue weighted by Crippen LogP contribution is 2.20. The van der Waals surface area contributed by atoms with Gasteiger partial charge in [0, 0.05) is 19.5 Å². The van der Waals surface area contributed by atoms with Crippen LogP contribution in [0.5, 0.6) is 0 Å². The van der Waals surface area contributed by atoms with Crippen molar-refractivity contribution in [2.45, 2.75) is 39.8 Å². The van der Waals surface area contributed by atoms with E-state index >= 15 is 0 Å². The minimum absolute atomic E-state index is 0.165. The first-order valence-electron chi connectivity index (χ1n) is 12.7. The molecule has 3 aromatic carbocycles. The van der Waals surface area contributed by atoms with Crippen LogP contribution >= 0.6 is 0 Å². The Morgan fingerprint density at radius 3 is 1.97 bits per heavy atom. The summed E-state index contributed by atoms with van der Waals surface area (Å²) in [4.78, 5) is 29.0. The van der Waals surface area contributed by atoms with Gasteiger partial charge in [0.25, 0.3) is 0 Å². The van der Waals surface area contributed by atoms with E-state index in [1.54, 1.807) is 30.3 Å². The summed E-state index contributed by atoms with van der Waals surface area (Å²) in [7, 11) is -3.77. The molecule has 2 amide bonds. The summed E-state index contributed by atoms with van der Waals surface area (Å²) >= 11 is 0. The Bertz CT molecular complexity index is 1290. The van der Waals surface area contributed by atoms with Gasteiger partial charge in [-0.1, -0.05) is 92.2 Å². The minimum Gasteiger partial charge on any atom is -0.354 e. The molecule has 0 radical (unpaired) electrons. The van der Waals surface area contributed by atoms with Crippen LogP contribution in [-0.4, -0.2) is 50.5 Å². The van der Waals surface area contributed by atoms with Gasteiger partial charge in [0.05, 0.1) is 11.9 Å². The first kappa shape index (κ1) is 28.9. The van der Waals surface area contributed by atoms with E-state index in [1.807, 2.05) is 75.4 Å². The van der Waals surface area contributed by atoms with Crippen LogP contribution in [0.2, 0.25) is 0 Å². The van der Waals surface area contributed by atoms with E-state index in [2.05, 4.69) is 5.32 Å². The molecule has 1 N–H and O–H groups in total. The van der Waals surface area contributed by atoms with E-state index in [1.165, 1.54) is 4.90 Å². The first-order chi connectivity index (χ1) is 18.0. The highest BCUT2D eigenvalue weighted by atomic mass is 32.2. The Morgan fingerprint density at radius 2 is 1.42 bits per heavy atom. The predicted octanol–water partition coefficient (Wildman–Crippen LogP) is 4.17. The smallest absolute Gasteiger partial charge is 0.244 e. The third-order valence-electron chi connectivity index (χ3n) is 6.15. The molecule has 0 saturated heterocycles. The van der Waals surface area contributed by atoms with Crippen molar-refractivity contribution in [2.75, 3.05) is 23.7 Å². The number of amides is 2. The summed E-state index contributed by atoms with van der Waals surface area (Å²) in [6.07, 6.45) is 1.38. The monoisotopic (exact) mass is 535 g/mol. The maximum atomic E-state index is 14.0. The van der Waals surface area contributed by atoms with E-state index in [9.17, 15) is 18.0 Å². The number of benzene rings is 3. The number of hydrogen-bond acceptors (Lipinski definition) is 4. The van der Waals surface area contributed by atoms with Gasteiger partial charge in [0.2, 0.25) is 21.8 Å². The first-order valence-corrected chi connectivity index (χ1v) is 14.6. The molecular formula is C30H37N3O4S. The molecule has 0 saturated carbocycles. The lowest BCUT2D eigenvalue weighted by Gasteiger charge is -2.33. The summed E-state index contributed by atoms with van der Waals surface area (Å²) in [5.74, 6) is -0.495. The average molecular weight is 536 g/mol. The van der Waals surface area contributed by atoms with Crippen molar-refractivity contribution in [3.63, 3.8) is 0 Å². The summed E-state index contributed by atoms with van der Waals surface area (Å²) in [6, 6.07) is 25.0. The third-order valence-corrected chi connectivity index (χ3v) is 7.29. The van der Waals surface area contributed by atoms with E-state index < -0.39 is 28.5 Å². The van der Waals surface area contributed by atoms with Crippen molar-refractivity contribution >= 4 is 27.5 Å². The number of carbonyl (C=O) groups excluding carboxylic acids is 2. The van der Waals surface area contributed by atoms with E-state index in [0.29, 0.717) is 18.7 Å². The largest absolute Gasteiger partial charge is 0.354 e. The zero-order valence-corrected chi connectivity index (χ0v) is 23.3. The lowest BCUT2D eigenvalue weighted by atomic mass is 10.0. The molecule has 3 aromatic rings. The molecule has 8 heteroatoms. The van der Waals surface area contributed by atoms with Crippen molar-refractivity contribution < 1.29 is 18.0 Å². The van der Waals surface area contributed by atoms with Crippen molar-refractivity contribution in [1.82, 2.24) is 10.2 Å². The summed E-state index contributed by atoms with van der Waals surface area (Å²) < 4.78 is 26.6. The molecule has 0 fully saturated rings. The minimum atomic E-state index is -3.77. The van der Waals surface area contributed by atoms with Gasteiger partial charge < -0.3 is 10.2 Å². The van der Waals surface area contributed by atoms with Gasteiger partial charge in [-0.2, -0.15) is 0 Å². The number of sulfonamides is 1. The molecule has 0 heterocycles. The van der Waals surface area contributed by atoms with Gasteiger partial charge in [0.15, 0.2) is 0 Å². The van der Waals surface area contributed by atoms with Gasteiger partial charge in [-0.15, -0.1) is 0 Å². The fourth-order valence-electron chi connectivity index (χ4n) is 4.07. The molecule has 202 valence electrons. The Hall–Kier alpha value is -3.65. The summed E-state index contributed by atoms with van der Waals surface area (Å²) in [6.45, 7) is 6.21. The van der Waals surface area contributed by atoms with Gasteiger partial charge >= 0.3 is 0 Å². The Labute approximate surface area is 226 Å². The van der Waals surface area contributed by atoms with Crippen molar-refractivity contribution in [1.29, 1.82) is 0 Å². The number of nitrogens with one attached hydrogen (secondary N) is 1. The SMILES string of the molecule is Cc1ccc(CN(C(=O)CN(c2ccccc2)S(C)(=O)=O)C(Cc2ccccc2)C(=O)NCC(C)C)cc1. The van der Waals surface area contributed by atoms with Crippen LogP contribution in [0.3, 0.4) is 0 Å². The maximum Gasteiger partial charge on any atom is 0.244 e. The molecule has 0 aromatic heterocycles. The molecule has 3 rings (SSSR count). The van der Waals surface area contributed by atoms with E-state index in [4.69, 9.17) is 0 Å². The highest BCUT2D eigenvalue weighted by Gasteiger charge is 2.33. The fraction of sp³-hybridized carbons (Fsp3) is 0.333. The number of anilines is 1. The number of nitrogens with zero attached hydrogens (tertiary/aromatic N) is 2. The third kappa shape index (κ3) is 8.45. The standard InChI is InChI=1S/C30H37N3O4S/c1-23(2)20-31-30(35)28(19-25-11-7-5-8-12-25)32(21-26-17-15-24(3)16-18-26)29(34)22-33(38(4,36)37)27-13-9-6-10-14-27/h5-18,23,28H,19-22H2,1-4H3,(H,31,35). The lowest BCUT2D eigenvalue weighted by molar-refractivity contribution is -0.140.